The number of nitriles is 1. The molecular weight excluding hydrogens is 283 g/mol. The summed E-state index contributed by atoms with van der Waals surface area (Å²) >= 11 is 0. The van der Waals surface area contributed by atoms with Gasteiger partial charge in [-0.3, -0.25) is 4.79 Å². The van der Waals surface area contributed by atoms with Gasteiger partial charge in [0, 0.05) is 24.8 Å². The molecule has 0 saturated heterocycles. The van der Waals surface area contributed by atoms with E-state index in [1.165, 1.54) is 12.3 Å². The van der Waals surface area contributed by atoms with Gasteiger partial charge in [0.2, 0.25) is 0 Å². The summed E-state index contributed by atoms with van der Waals surface area (Å²) in [6.07, 6.45) is 1.47. The molecule has 1 heterocycles. The smallest absolute Gasteiger partial charge is 0.251 e. The lowest BCUT2D eigenvalue weighted by atomic mass is 10.1. The molecule has 0 atom stereocenters. The minimum Gasteiger partial charge on any atom is -0.368 e. The number of halogens is 1. The number of carbonyl (C=O) groups is 1. The van der Waals surface area contributed by atoms with Crippen molar-refractivity contribution in [3.8, 4) is 6.07 Å². The molecule has 2 rings (SSSR count). The Morgan fingerprint density at radius 3 is 2.77 bits per heavy atom. The summed E-state index contributed by atoms with van der Waals surface area (Å²) in [4.78, 5) is 15.9. The average molecular weight is 298 g/mol. The van der Waals surface area contributed by atoms with Crippen LogP contribution in [0.1, 0.15) is 21.5 Å². The number of nitrogens with zero attached hydrogens (tertiary/aromatic N) is 2. The SMILES string of the molecule is Cc1ccc(C(=O)NCCNc2ccc(C#N)cn2)cc1F. The summed E-state index contributed by atoms with van der Waals surface area (Å²) < 4.78 is 13.4. The Bertz CT molecular complexity index is 707. The number of aryl methyl sites for hydroxylation is 1. The molecule has 2 N–H and O–H groups in total. The van der Waals surface area contributed by atoms with Gasteiger partial charge >= 0.3 is 0 Å². The third kappa shape index (κ3) is 4.03. The van der Waals surface area contributed by atoms with Crippen LogP contribution in [0.5, 0.6) is 0 Å². The molecule has 0 fully saturated rings. The van der Waals surface area contributed by atoms with E-state index in [-0.39, 0.29) is 5.91 Å². The topological polar surface area (TPSA) is 77.8 Å². The van der Waals surface area contributed by atoms with Crippen molar-refractivity contribution in [2.45, 2.75) is 6.92 Å². The van der Waals surface area contributed by atoms with Gasteiger partial charge in [0.15, 0.2) is 0 Å². The molecule has 0 aliphatic carbocycles. The molecule has 0 radical (unpaired) electrons. The van der Waals surface area contributed by atoms with E-state index >= 15 is 0 Å². The molecule has 1 aromatic heterocycles. The lowest BCUT2D eigenvalue weighted by Crippen LogP contribution is -2.29. The maximum atomic E-state index is 13.4. The molecule has 5 nitrogen and oxygen atoms in total. The van der Waals surface area contributed by atoms with Crippen LogP contribution in [0.2, 0.25) is 0 Å². The van der Waals surface area contributed by atoms with Gasteiger partial charge < -0.3 is 10.6 Å². The minimum atomic E-state index is -0.396. The zero-order valence-corrected chi connectivity index (χ0v) is 12.1. The van der Waals surface area contributed by atoms with Crippen LogP contribution in [-0.2, 0) is 0 Å². The Labute approximate surface area is 127 Å². The fourth-order valence-corrected chi connectivity index (χ4v) is 1.77. The summed E-state index contributed by atoms with van der Waals surface area (Å²) in [5, 5.41) is 14.4. The molecule has 0 unspecified atom stereocenters. The number of benzene rings is 1. The van der Waals surface area contributed by atoms with Crippen molar-refractivity contribution in [3.05, 3.63) is 59.0 Å². The molecule has 22 heavy (non-hydrogen) atoms. The van der Waals surface area contributed by atoms with E-state index in [1.54, 1.807) is 31.2 Å². The normalized spacial score (nSPS) is 9.86. The molecule has 6 heteroatoms. The fraction of sp³-hybridized carbons (Fsp3) is 0.188. The third-order valence-electron chi connectivity index (χ3n) is 3.04. The molecule has 2 aromatic rings. The van der Waals surface area contributed by atoms with Crippen molar-refractivity contribution < 1.29 is 9.18 Å². The van der Waals surface area contributed by atoms with Crippen molar-refractivity contribution in [1.82, 2.24) is 10.3 Å². The number of amides is 1. The van der Waals surface area contributed by atoms with Gasteiger partial charge in [-0.05, 0) is 36.8 Å². The number of anilines is 1. The van der Waals surface area contributed by atoms with E-state index in [1.807, 2.05) is 6.07 Å². The molecule has 0 saturated carbocycles. The van der Waals surface area contributed by atoms with Crippen LogP contribution in [-0.4, -0.2) is 24.0 Å². The molecule has 0 aliphatic heterocycles. The number of carbonyl (C=O) groups excluding carboxylic acids is 1. The van der Waals surface area contributed by atoms with Crippen LogP contribution in [0.4, 0.5) is 10.2 Å². The minimum absolute atomic E-state index is 0.291. The fourth-order valence-electron chi connectivity index (χ4n) is 1.77. The first-order valence-corrected chi connectivity index (χ1v) is 6.74. The second-order valence-electron chi connectivity index (χ2n) is 4.69. The molecule has 0 bridgehead atoms. The third-order valence-corrected chi connectivity index (χ3v) is 3.04. The predicted octanol–water partition coefficient (Wildman–Crippen LogP) is 2.24. The van der Waals surface area contributed by atoms with E-state index in [9.17, 15) is 9.18 Å². The van der Waals surface area contributed by atoms with E-state index in [2.05, 4.69) is 15.6 Å². The summed E-state index contributed by atoms with van der Waals surface area (Å²) in [6.45, 7) is 2.49. The van der Waals surface area contributed by atoms with E-state index in [0.29, 0.717) is 35.6 Å². The number of nitrogens with one attached hydrogen (secondary N) is 2. The zero-order valence-electron chi connectivity index (χ0n) is 12.1. The number of aromatic nitrogens is 1. The predicted molar refractivity (Wildman–Crippen MR) is 80.9 cm³/mol. The van der Waals surface area contributed by atoms with Crippen LogP contribution in [0.3, 0.4) is 0 Å². The summed E-state index contributed by atoms with van der Waals surface area (Å²) in [5.41, 5.74) is 1.28. The monoisotopic (exact) mass is 298 g/mol. The van der Waals surface area contributed by atoms with Crippen molar-refractivity contribution in [2.24, 2.45) is 0 Å². The highest BCUT2D eigenvalue weighted by molar-refractivity contribution is 5.94. The lowest BCUT2D eigenvalue weighted by Gasteiger charge is -2.08. The Kier molecular flexibility index (Phi) is 5.04. The molecular formula is C16H15FN4O. The van der Waals surface area contributed by atoms with Crippen LogP contribution in [0.15, 0.2) is 36.5 Å². The van der Waals surface area contributed by atoms with E-state index < -0.39 is 5.82 Å². The van der Waals surface area contributed by atoms with Gasteiger partial charge in [-0.2, -0.15) is 5.26 Å². The van der Waals surface area contributed by atoms with E-state index in [0.717, 1.165) is 0 Å². The Morgan fingerprint density at radius 2 is 2.14 bits per heavy atom. The first kappa shape index (κ1) is 15.4. The maximum Gasteiger partial charge on any atom is 0.251 e. The first-order chi connectivity index (χ1) is 10.6. The van der Waals surface area contributed by atoms with Crippen molar-refractivity contribution in [2.75, 3.05) is 18.4 Å². The highest BCUT2D eigenvalue weighted by Crippen LogP contribution is 2.09. The Hall–Kier alpha value is -2.94. The second kappa shape index (κ2) is 7.18. The quantitative estimate of drug-likeness (QED) is 0.830. The maximum absolute atomic E-state index is 13.4. The average Bonchev–Trinajstić information content (AvgIpc) is 2.54. The molecule has 1 amide bonds. The highest BCUT2D eigenvalue weighted by Gasteiger charge is 2.07. The van der Waals surface area contributed by atoms with Crippen LogP contribution < -0.4 is 10.6 Å². The second-order valence-corrected chi connectivity index (χ2v) is 4.69. The summed E-state index contributed by atoms with van der Waals surface area (Å²) in [6, 6.07) is 9.71. The number of rotatable bonds is 5. The van der Waals surface area contributed by atoms with E-state index in [4.69, 9.17) is 5.26 Å². The zero-order chi connectivity index (χ0) is 15.9. The standard InChI is InChI=1S/C16H15FN4O/c1-11-2-4-13(8-14(11)17)16(22)20-7-6-19-15-5-3-12(9-18)10-21-15/h2-5,8,10H,6-7H2,1H3,(H,19,21)(H,20,22). The van der Waals surface area contributed by atoms with Crippen molar-refractivity contribution in [1.29, 1.82) is 5.26 Å². The van der Waals surface area contributed by atoms with Gasteiger partial charge in [-0.1, -0.05) is 6.07 Å². The van der Waals surface area contributed by atoms with Crippen LogP contribution in [0.25, 0.3) is 0 Å². The van der Waals surface area contributed by atoms with Gasteiger partial charge in [-0.25, -0.2) is 9.37 Å². The molecule has 112 valence electrons. The van der Waals surface area contributed by atoms with Crippen molar-refractivity contribution in [3.63, 3.8) is 0 Å². The molecule has 1 aromatic carbocycles. The summed E-state index contributed by atoms with van der Waals surface area (Å²) in [7, 11) is 0. The van der Waals surface area contributed by atoms with Gasteiger partial charge in [0.25, 0.3) is 5.91 Å². The number of hydrogen-bond donors (Lipinski definition) is 2. The summed E-state index contributed by atoms with van der Waals surface area (Å²) in [5.74, 6) is -0.101. The van der Waals surface area contributed by atoms with Gasteiger partial charge in [0.05, 0.1) is 5.56 Å². The molecule has 0 spiro atoms. The number of pyridine rings is 1. The largest absolute Gasteiger partial charge is 0.368 e. The lowest BCUT2D eigenvalue weighted by molar-refractivity contribution is 0.0954. The molecule has 0 aliphatic rings. The first-order valence-electron chi connectivity index (χ1n) is 6.74. The van der Waals surface area contributed by atoms with Crippen molar-refractivity contribution >= 4 is 11.7 Å². The highest BCUT2D eigenvalue weighted by atomic mass is 19.1. The van der Waals surface area contributed by atoms with Gasteiger partial charge in [0.1, 0.15) is 17.7 Å². The number of hydrogen-bond acceptors (Lipinski definition) is 4. The van der Waals surface area contributed by atoms with Crippen LogP contribution in [0, 0.1) is 24.1 Å². The van der Waals surface area contributed by atoms with Gasteiger partial charge in [-0.15, -0.1) is 0 Å². The van der Waals surface area contributed by atoms with Crippen LogP contribution >= 0.6 is 0 Å². The Balaban J connectivity index is 1.79. The Morgan fingerprint density at radius 1 is 1.32 bits per heavy atom.